The molecular formula is C31H48O5. The molecule has 0 saturated heterocycles. The zero-order valence-electron chi connectivity index (χ0n) is 23.8. The summed E-state index contributed by atoms with van der Waals surface area (Å²) >= 11 is 0. The van der Waals surface area contributed by atoms with Gasteiger partial charge in [0.2, 0.25) is 0 Å². The van der Waals surface area contributed by atoms with Crippen molar-refractivity contribution >= 4 is 11.9 Å². The van der Waals surface area contributed by atoms with Gasteiger partial charge in [0.05, 0.1) is 12.7 Å². The number of methoxy groups -OCH3 is 1. The third-order valence-corrected chi connectivity index (χ3v) is 11.5. The first-order chi connectivity index (χ1) is 16.7. The van der Waals surface area contributed by atoms with E-state index in [4.69, 9.17) is 9.47 Å². The Morgan fingerprint density at radius 2 is 1.89 bits per heavy atom. The highest BCUT2D eigenvalue weighted by atomic mass is 16.5. The number of carbonyl (C=O) groups is 2. The van der Waals surface area contributed by atoms with E-state index in [1.807, 2.05) is 20.8 Å². The van der Waals surface area contributed by atoms with Gasteiger partial charge < -0.3 is 14.6 Å². The molecule has 1 aliphatic heterocycles. The van der Waals surface area contributed by atoms with Crippen LogP contribution in [0.1, 0.15) is 106 Å². The largest absolute Gasteiger partial charge is 0.469 e. The van der Waals surface area contributed by atoms with Crippen molar-refractivity contribution in [2.45, 2.75) is 118 Å². The maximum absolute atomic E-state index is 12.3. The molecule has 4 aliphatic rings. The van der Waals surface area contributed by atoms with Crippen LogP contribution in [0.15, 0.2) is 22.8 Å². The molecule has 0 amide bonds. The van der Waals surface area contributed by atoms with E-state index in [2.05, 4.69) is 33.8 Å². The van der Waals surface area contributed by atoms with Gasteiger partial charge in [-0.3, -0.25) is 4.79 Å². The van der Waals surface area contributed by atoms with Crippen LogP contribution in [-0.4, -0.2) is 35.9 Å². The van der Waals surface area contributed by atoms with E-state index in [9.17, 15) is 14.7 Å². The second kappa shape index (κ2) is 9.29. The average molecular weight is 501 g/mol. The van der Waals surface area contributed by atoms with Gasteiger partial charge in [0, 0.05) is 18.4 Å². The van der Waals surface area contributed by atoms with Crippen LogP contribution in [0.2, 0.25) is 0 Å². The topological polar surface area (TPSA) is 72.8 Å². The summed E-state index contributed by atoms with van der Waals surface area (Å²) in [5.41, 5.74) is 3.00. The lowest BCUT2D eigenvalue weighted by atomic mass is 9.46. The van der Waals surface area contributed by atoms with Crippen molar-refractivity contribution < 1.29 is 24.2 Å². The van der Waals surface area contributed by atoms with Gasteiger partial charge in [0.1, 0.15) is 6.10 Å². The fraction of sp³-hybridized carbons (Fsp3) is 0.806. The lowest BCUT2D eigenvalue weighted by molar-refractivity contribution is -0.150. The highest BCUT2D eigenvalue weighted by Gasteiger charge is 2.62. The summed E-state index contributed by atoms with van der Waals surface area (Å²) in [7, 11) is 1.46. The normalized spacial score (nSPS) is 39.6. The van der Waals surface area contributed by atoms with Gasteiger partial charge in [-0.05, 0) is 99.7 Å². The molecule has 0 aromatic heterocycles. The van der Waals surface area contributed by atoms with E-state index in [1.165, 1.54) is 12.7 Å². The zero-order valence-corrected chi connectivity index (χ0v) is 23.8. The number of carbonyl (C=O) groups excluding carboxylic acids is 2. The van der Waals surface area contributed by atoms with E-state index in [0.717, 1.165) is 50.5 Å². The number of ether oxygens (including phenoxy) is 2. The molecule has 0 spiro atoms. The van der Waals surface area contributed by atoms with Gasteiger partial charge in [-0.15, -0.1) is 0 Å². The lowest BCUT2D eigenvalue weighted by Gasteiger charge is -2.59. The van der Waals surface area contributed by atoms with Crippen LogP contribution in [0.4, 0.5) is 0 Å². The van der Waals surface area contributed by atoms with E-state index < -0.39 is 5.60 Å². The zero-order chi connectivity index (χ0) is 26.7. The molecule has 5 heteroatoms. The number of hydrogen-bond donors (Lipinski definition) is 1. The van der Waals surface area contributed by atoms with Crippen molar-refractivity contribution in [1.29, 1.82) is 0 Å². The minimum Gasteiger partial charge on any atom is -0.469 e. The van der Waals surface area contributed by atoms with Crippen LogP contribution >= 0.6 is 0 Å². The van der Waals surface area contributed by atoms with Crippen LogP contribution < -0.4 is 0 Å². The second-order valence-corrected chi connectivity index (χ2v) is 13.5. The summed E-state index contributed by atoms with van der Waals surface area (Å²) in [6.07, 6.45) is 10.3. The molecule has 36 heavy (non-hydrogen) atoms. The molecule has 0 radical (unpaired) electrons. The predicted molar refractivity (Wildman–Crippen MR) is 141 cm³/mol. The first-order valence-electron chi connectivity index (χ1n) is 14.1. The Morgan fingerprint density at radius 1 is 1.19 bits per heavy atom. The van der Waals surface area contributed by atoms with Crippen molar-refractivity contribution in [2.75, 3.05) is 7.11 Å². The maximum Gasteiger partial charge on any atom is 0.333 e. The Bertz CT molecular complexity index is 970. The fourth-order valence-electron chi connectivity index (χ4n) is 9.16. The third-order valence-electron chi connectivity index (χ3n) is 11.5. The van der Waals surface area contributed by atoms with Crippen LogP contribution in [0.25, 0.3) is 0 Å². The quantitative estimate of drug-likeness (QED) is 0.331. The van der Waals surface area contributed by atoms with Crippen LogP contribution in [0.5, 0.6) is 0 Å². The minimum atomic E-state index is -0.811. The lowest BCUT2D eigenvalue weighted by Crippen LogP contribution is -2.52. The fourth-order valence-corrected chi connectivity index (χ4v) is 9.16. The molecule has 0 aromatic carbocycles. The first-order valence-corrected chi connectivity index (χ1v) is 14.1. The summed E-state index contributed by atoms with van der Waals surface area (Å²) in [6, 6.07) is 0. The van der Waals surface area contributed by atoms with E-state index in [-0.39, 0.29) is 40.2 Å². The Kier molecular flexibility index (Phi) is 7.07. The molecule has 202 valence electrons. The van der Waals surface area contributed by atoms with Crippen molar-refractivity contribution in [1.82, 2.24) is 0 Å². The highest BCUT2D eigenvalue weighted by molar-refractivity contribution is 5.88. The van der Waals surface area contributed by atoms with Crippen LogP contribution in [-0.2, 0) is 19.1 Å². The van der Waals surface area contributed by atoms with Crippen molar-refractivity contribution in [3.63, 3.8) is 0 Å². The third kappa shape index (κ3) is 4.18. The van der Waals surface area contributed by atoms with Gasteiger partial charge in [-0.1, -0.05) is 44.9 Å². The molecular weight excluding hydrogens is 452 g/mol. The maximum atomic E-state index is 12.3. The Hall–Kier alpha value is -1.62. The highest BCUT2D eigenvalue weighted by Crippen LogP contribution is 2.71. The van der Waals surface area contributed by atoms with Crippen molar-refractivity contribution in [3.05, 3.63) is 22.8 Å². The predicted octanol–water partition coefficient (Wildman–Crippen LogP) is 6.54. The Labute approximate surface area is 218 Å². The molecule has 4 rings (SSSR count). The molecule has 0 aromatic rings. The first kappa shape index (κ1) is 27.4. The van der Waals surface area contributed by atoms with Gasteiger partial charge in [-0.2, -0.15) is 0 Å². The van der Waals surface area contributed by atoms with Crippen molar-refractivity contribution in [3.8, 4) is 0 Å². The van der Waals surface area contributed by atoms with Crippen LogP contribution in [0, 0.1) is 34.0 Å². The number of cyclic esters (lactones) is 1. The number of allylic oxidation sites excluding steroid dienone is 2. The van der Waals surface area contributed by atoms with E-state index in [1.54, 1.807) is 5.57 Å². The molecule has 0 bridgehead atoms. The molecule has 1 N–H and O–H groups in total. The number of hydrogen-bond acceptors (Lipinski definition) is 5. The summed E-state index contributed by atoms with van der Waals surface area (Å²) in [5, 5.41) is 11.2. The molecule has 1 heterocycles. The Morgan fingerprint density at radius 3 is 2.50 bits per heavy atom. The molecule has 3 aliphatic carbocycles. The number of fused-ring (bicyclic) bond motifs is 2. The molecule has 1 fully saturated rings. The molecule has 1 saturated carbocycles. The number of aliphatic hydroxyl groups is 1. The monoisotopic (exact) mass is 500 g/mol. The minimum absolute atomic E-state index is 0.0444. The van der Waals surface area contributed by atoms with E-state index >= 15 is 0 Å². The SMILES string of the molecule is COC(=O)CCC1(C)C2=C(CCC1C(C)(C)O)C1(C)CCC(C(C)C3CC=C(C)C(=O)O3)C1(C)CC2. The number of rotatable bonds is 6. The molecule has 7 atom stereocenters. The summed E-state index contributed by atoms with van der Waals surface area (Å²) in [5.74, 6) is 0.574. The van der Waals surface area contributed by atoms with E-state index in [0.29, 0.717) is 24.7 Å². The van der Waals surface area contributed by atoms with Crippen molar-refractivity contribution in [2.24, 2.45) is 34.0 Å². The number of esters is 2. The van der Waals surface area contributed by atoms with Gasteiger partial charge >= 0.3 is 11.9 Å². The standard InChI is InChI=1S/C31H48O5/c1-19-9-11-24(36-27(19)33)20(2)21-13-17-31(7)23-10-12-25(28(3,4)34)29(5,16-15-26(32)35-8)22(23)14-18-30(21,31)6/h9,20-21,24-25,34H,10-18H2,1-8H3. The second-order valence-electron chi connectivity index (χ2n) is 13.5. The average Bonchev–Trinajstić information content (AvgIpc) is 3.09. The summed E-state index contributed by atoms with van der Waals surface area (Å²) in [6.45, 7) is 15.3. The summed E-state index contributed by atoms with van der Waals surface area (Å²) < 4.78 is 10.9. The summed E-state index contributed by atoms with van der Waals surface area (Å²) in [4.78, 5) is 24.5. The Balaban J connectivity index is 1.69. The smallest absolute Gasteiger partial charge is 0.333 e. The van der Waals surface area contributed by atoms with Gasteiger partial charge in [-0.25, -0.2) is 4.79 Å². The van der Waals surface area contributed by atoms with Gasteiger partial charge in [0.25, 0.3) is 0 Å². The molecule has 5 nitrogen and oxygen atoms in total. The molecule has 7 unspecified atom stereocenters. The van der Waals surface area contributed by atoms with Gasteiger partial charge in [0.15, 0.2) is 0 Å². The van der Waals surface area contributed by atoms with Crippen LogP contribution in [0.3, 0.4) is 0 Å².